The highest BCUT2D eigenvalue weighted by Crippen LogP contribution is 2.38. The van der Waals surface area contributed by atoms with Crippen molar-refractivity contribution in [2.75, 3.05) is 25.0 Å². The first kappa shape index (κ1) is 20.3. The molecule has 8 heteroatoms. The van der Waals surface area contributed by atoms with E-state index in [1.54, 1.807) is 42.3 Å². The molecule has 2 aromatic carbocycles. The molecule has 4 amide bonds. The fraction of sp³-hybridized carbons (Fsp3) is 0.318. The van der Waals surface area contributed by atoms with E-state index in [4.69, 9.17) is 11.6 Å². The van der Waals surface area contributed by atoms with Crippen LogP contribution in [0.25, 0.3) is 11.1 Å². The summed E-state index contributed by atoms with van der Waals surface area (Å²) in [5.41, 5.74) is 1.98. The number of carbonyl (C=O) groups excluding carboxylic acids is 3. The van der Waals surface area contributed by atoms with Gasteiger partial charge in [0.05, 0.1) is 16.6 Å². The lowest BCUT2D eigenvalue weighted by atomic mass is 9.88. The molecule has 1 unspecified atom stereocenters. The maximum Gasteiger partial charge on any atom is 0.324 e. The van der Waals surface area contributed by atoms with Gasteiger partial charge in [0, 0.05) is 32.1 Å². The van der Waals surface area contributed by atoms with Crippen molar-refractivity contribution < 1.29 is 18.8 Å². The van der Waals surface area contributed by atoms with Crippen LogP contribution in [0.5, 0.6) is 0 Å². The number of halogens is 2. The van der Waals surface area contributed by atoms with Gasteiger partial charge in [-0.2, -0.15) is 0 Å². The highest BCUT2D eigenvalue weighted by Gasteiger charge is 2.30. The second-order valence-corrected chi connectivity index (χ2v) is 7.97. The third-order valence-corrected chi connectivity index (χ3v) is 6.05. The number of piperidine rings is 1. The Morgan fingerprint density at radius 2 is 1.93 bits per heavy atom. The minimum atomic E-state index is -0.527. The minimum Gasteiger partial charge on any atom is -0.327 e. The molecule has 2 saturated heterocycles. The van der Waals surface area contributed by atoms with E-state index in [9.17, 15) is 18.8 Å². The Morgan fingerprint density at radius 3 is 2.67 bits per heavy atom. The molecule has 0 radical (unpaired) electrons. The van der Waals surface area contributed by atoms with Crippen LogP contribution in [0, 0.1) is 5.82 Å². The molecule has 0 spiro atoms. The van der Waals surface area contributed by atoms with E-state index in [0.717, 1.165) is 6.42 Å². The molecule has 1 N–H and O–H groups in total. The van der Waals surface area contributed by atoms with Gasteiger partial charge in [-0.1, -0.05) is 35.9 Å². The van der Waals surface area contributed by atoms with Crippen LogP contribution in [0.2, 0.25) is 5.02 Å². The fourth-order valence-corrected chi connectivity index (χ4v) is 4.38. The lowest BCUT2D eigenvalue weighted by molar-refractivity contribution is -0.134. The average molecular weight is 430 g/mol. The molecule has 0 aromatic heterocycles. The Hall–Kier alpha value is -2.93. The number of hydrogen-bond acceptors (Lipinski definition) is 3. The van der Waals surface area contributed by atoms with Crippen molar-refractivity contribution in [1.82, 2.24) is 10.2 Å². The second kappa shape index (κ2) is 8.07. The molecule has 0 saturated carbocycles. The Labute approximate surface area is 178 Å². The molecule has 4 rings (SSSR count). The molecular weight excluding hydrogens is 409 g/mol. The lowest BCUT2D eigenvalue weighted by Gasteiger charge is -2.33. The third kappa shape index (κ3) is 3.65. The van der Waals surface area contributed by atoms with Crippen molar-refractivity contribution in [2.24, 2.45) is 0 Å². The van der Waals surface area contributed by atoms with Gasteiger partial charge in [0.1, 0.15) is 5.82 Å². The van der Waals surface area contributed by atoms with Gasteiger partial charge in [0.15, 0.2) is 0 Å². The Balaban J connectivity index is 1.66. The first-order chi connectivity index (χ1) is 14.4. The summed E-state index contributed by atoms with van der Waals surface area (Å²) in [6.45, 7) is 1.11. The SMILES string of the molecule is CN1CCCN(c2ccc(-c3cccc(C4CCC(=O)NC4=O)c3Cl)cc2F)C1=O. The summed E-state index contributed by atoms with van der Waals surface area (Å²) in [5.74, 6) is -1.71. The van der Waals surface area contributed by atoms with Gasteiger partial charge < -0.3 is 4.90 Å². The predicted octanol–water partition coefficient (Wildman–Crippen LogP) is 3.93. The van der Waals surface area contributed by atoms with Crippen LogP contribution in [-0.4, -0.2) is 42.9 Å². The van der Waals surface area contributed by atoms with Crippen LogP contribution in [0.3, 0.4) is 0 Å². The number of rotatable bonds is 3. The molecule has 2 aliphatic heterocycles. The van der Waals surface area contributed by atoms with Crippen LogP contribution in [0.4, 0.5) is 14.9 Å². The summed E-state index contributed by atoms with van der Waals surface area (Å²) in [4.78, 5) is 39.0. The zero-order chi connectivity index (χ0) is 21.4. The van der Waals surface area contributed by atoms with Gasteiger partial charge in [-0.15, -0.1) is 0 Å². The maximum absolute atomic E-state index is 15.0. The van der Waals surface area contributed by atoms with E-state index in [1.165, 1.54) is 11.0 Å². The molecule has 0 bridgehead atoms. The molecule has 6 nitrogen and oxygen atoms in total. The van der Waals surface area contributed by atoms with E-state index in [-0.39, 0.29) is 30.0 Å². The van der Waals surface area contributed by atoms with Gasteiger partial charge in [0.25, 0.3) is 0 Å². The van der Waals surface area contributed by atoms with Crippen LogP contribution < -0.4 is 10.2 Å². The zero-order valence-corrected chi connectivity index (χ0v) is 17.2. The standard InChI is InChI=1S/C22H21ClFN3O3/c1-26-10-3-11-27(22(26)30)18-8-6-13(12-17(18)24)14-4-2-5-15(20(14)23)16-7-9-19(28)25-21(16)29/h2,4-6,8,12,16H,3,7,9-11H2,1H3,(H,25,28,29). The maximum atomic E-state index is 15.0. The lowest BCUT2D eigenvalue weighted by Crippen LogP contribution is -2.47. The van der Waals surface area contributed by atoms with Gasteiger partial charge in [-0.25, -0.2) is 9.18 Å². The fourth-order valence-electron chi connectivity index (χ4n) is 4.01. The number of carbonyl (C=O) groups is 3. The summed E-state index contributed by atoms with van der Waals surface area (Å²) < 4.78 is 15.0. The number of nitrogens with one attached hydrogen (secondary N) is 1. The van der Waals surface area contributed by atoms with Crippen molar-refractivity contribution in [3.05, 3.63) is 52.8 Å². The van der Waals surface area contributed by atoms with E-state index < -0.39 is 11.7 Å². The molecule has 30 heavy (non-hydrogen) atoms. The molecule has 0 aliphatic carbocycles. The van der Waals surface area contributed by atoms with E-state index >= 15 is 0 Å². The Kier molecular flexibility index (Phi) is 5.47. The first-order valence-corrected chi connectivity index (χ1v) is 10.2. The minimum absolute atomic E-state index is 0.229. The number of amides is 4. The number of nitrogens with zero attached hydrogens (tertiary/aromatic N) is 2. The summed E-state index contributed by atoms with van der Waals surface area (Å²) in [6, 6.07) is 9.69. The van der Waals surface area contributed by atoms with Crippen molar-refractivity contribution in [3.63, 3.8) is 0 Å². The van der Waals surface area contributed by atoms with Gasteiger partial charge in [-0.3, -0.25) is 19.8 Å². The molecule has 1 atom stereocenters. The number of benzene rings is 2. The zero-order valence-electron chi connectivity index (χ0n) is 16.5. The Morgan fingerprint density at radius 1 is 1.13 bits per heavy atom. The normalized spacial score (nSPS) is 19.8. The van der Waals surface area contributed by atoms with Gasteiger partial charge in [-0.05, 0) is 36.1 Å². The van der Waals surface area contributed by atoms with Crippen LogP contribution in [-0.2, 0) is 9.59 Å². The summed E-state index contributed by atoms with van der Waals surface area (Å²) in [7, 11) is 1.70. The molecule has 2 heterocycles. The molecular formula is C22H21ClFN3O3. The first-order valence-electron chi connectivity index (χ1n) is 9.81. The van der Waals surface area contributed by atoms with E-state index in [0.29, 0.717) is 41.2 Å². The van der Waals surface area contributed by atoms with Crippen molar-refractivity contribution in [3.8, 4) is 11.1 Å². The largest absolute Gasteiger partial charge is 0.327 e. The predicted molar refractivity (Wildman–Crippen MR) is 112 cm³/mol. The quantitative estimate of drug-likeness (QED) is 0.751. The monoisotopic (exact) mass is 429 g/mol. The van der Waals surface area contributed by atoms with Gasteiger partial charge in [0.2, 0.25) is 11.8 Å². The number of urea groups is 1. The van der Waals surface area contributed by atoms with Crippen molar-refractivity contribution in [1.29, 1.82) is 0 Å². The second-order valence-electron chi connectivity index (χ2n) is 7.59. The number of anilines is 1. The van der Waals surface area contributed by atoms with E-state index in [2.05, 4.69) is 5.32 Å². The topological polar surface area (TPSA) is 69.7 Å². The van der Waals surface area contributed by atoms with Crippen molar-refractivity contribution in [2.45, 2.75) is 25.2 Å². The van der Waals surface area contributed by atoms with Gasteiger partial charge >= 0.3 is 6.03 Å². The van der Waals surface area contributed by atoms with Crippen LogP contribution in [0.1, 0.15) is 30.7 Å². The summed E-state index contributed by atoms with van der Waals surface area (Å²) >= 11 is 6.60. The molecule has 156 valence electrons. The van der Waals surface area contributed by atoms with Crippen molar-refractivity contribution >= 4 is 35.1 Å². The number of hydrogen-bond donors (Lipinski definition) is 1. The van der Waals surface area contributed by atoms with E-state index in [1.807, 2.05) is 0 Å². The van der Waals surface area contributed by atoms with Crippen LogP contribution >= 0.6 is 11.6 Å². The third-order valence-electron chi connectivity index (χ3n) is 5.63. The molecule has 2 aliphatic rings. The summed E-state index contributed by atoms with van der Waals surface area (Å²) in [5, 5.41) is 2.69. The molecule has 2 fully saturated rings. The number of imide groups is 1. The highest BCUT2D eigenvalue weighted by atomic mass is 35.5. The van der Waals surface area contributed by atoms with Crippen LogP contribution in [0.15, 0.2) is 36.4 Å². The Bertz CT molecular complexity index is 1040. The highest BCUT2D eigenvalue weighted by molar-refractivity contribution is 6.34. The average Bonchev–Trinajstić information content (AvgIpc) is 2.71. The molecule has 2 aromatic rings. The smallest absolute Gasteiger partial charge is 0.324 e. The summed E-state index contributed by atoms with van der Waals surface area (Å²) in [6.07, 6.45) is 1.40.